The summed E-state index contributed by atoms with van der Waals surface area (Å²) in [6.45, 7) is -0.0313. The highest BCUT2D eigenvalue weighted by Crippen LogP contribution is 2.46. The van der Waals surface area contributed by atoms with Crippen LogP contribution in [0.25, 0.3) is 44.1 Å². The molecule has 6 heterocycles. The molecule has 7 aromatic carbocycles. The zero-order valence-electron chi connectivity index (χ0n) is 28.1. The zero-order chi connectivity index (χ0) is 33.7. The molecule has 0 spiro atoms. The van der Waals surface area contributed by atoms with E-state index in [9.17, 15) is 0 Å². The Labute approximate surface area is 301 Å². The highest BCUT2D eigenvalue weighted by atomic mass is 15.2. The average Bonchev–Trinajstić information content (AvgIpc) is 3.84. The topological polar surface area (TPSA) is 16.3 Å². The van der Waals surface area contributed by atoms with Gasteiger partial charge < -0.3 is 18.8 Å². The molecule has 0 radical (unpaired) electrons. The van der Waals surface area contributed by atoms with Crippen molar-refractivity contribution in [3.8, 4) is 22.3 Å². The maximum Gasteiger partial charge on any atom is 0.332 e. The van der Waals surface area contributed by atoms with Crippen LogP contribution in [-0.2, 0) is 0 Å². The van der Waals surface area contributed by atoms with Crippen LogP contribution in [0.4, 0.5) is 34.1 Å². The van der Waals surface area contributed by atoms with Gasteiger partial charge in [-0.25, -0.2) is 0 Å². The molecular formula is C46H28B2N4. The van der Waals surface area contributed by atoms with Gasteiger partial charge in [-0.05, 0) is 117 Å². The van der Waals surface area contributed by atoms with Gasteiger partial charge >= 0.3 is 13.7 Å². The van der Waals surface area contributed by atoms with Crippen molar-refractivity contribution in [2.75, 3.05) is 9.80 Å². The number of para-hydroxylation sites is 4. The zero-order valence-corrected chi connectivity index (χ0v) is 28.1. The molecule has 0 aliphatic carbocycles. The summed E-state index contributed by atoms with van der Waals surface area (Å²) in [5, 5.41) is 2.56. The molecule has 0 atom stereocenters. The molecule has 4 nitrogen and oxygen atoms in total. The molecule has 0 N–H and O–H groups in total. The minimum atomic E-state index is -0.0157. The van der Waals surface area contributed by atoms with Gasteiger partial charge in [0.1, 0.15) is 0 Å². The minimum absolute atomic E-state index is 0.0157. The van der Waals surface area contributed by atoms with Gasteiger partial charge in [-0.3, -0.25) is 0 Å². The Morgan fingerprint density at radius 3 is 1.17 bits per heavy atom. The van der Waals surface area contributed by atoms with Crippen LogP contribution in [0.15, 0.2) is 170 Å². The van der Waals surface area contributed by atoms with Crippen LogP contribution >= 0.6 is 0 Å². The molecule has 0 saturated heterocycles. The van der Waals surface area contributed by atoms with Crippen LogP contribution in [-0.4, -0.2) is 22.7 Å². The maximum atomic E-state index is 2.58. The second kappa shape index (κ2) is 9.56. The summed E-state index contributed by atoms with van der Waals surface area (Å²) < 4.78 is 5.16. The fraction of sp³-hybridized carbons (Fsp3) is 0. The molecule has 4 aliphatic heterocycles. The summed E-state index contributed by atoms with van der Waals surface area (Å²) in [6.07, 6.45) is 4.67. The van der Waals surface area contributed by atoms with Crippen molar-refractivity contribution in [1.29, 1.82) is 0 Å². The van der Waals surface area contributed by atoms with Crippen molar-refractivity contribution >= 4 is 91.5 Å². The van der Waals surface area contributed by atoms with E-state index in [1.165, 1.54) is 100 Å². The molecule has 2 aromatic heterocycles. The fourth-order valence-corrected chi connectivity index (χ4v) is 10.2. The van der Waals surface area contributed by atoms with E-state index >= 15 is 0 Å². The van der Waals surface area contributed by atoms with Crippen LogP contribution in [0.2, 0.25) is 0 Å². The van der Waals surface area contributed by atoms with E-state index in [4.69, 9.17) is 0 Å². The van der Waals surface area contributed by atoms with Crippen molar-refractivity contribution in [2.45, 2.75) is 0 Å². The lowest BCUT2D eigenvalue weighted by atomic mass is 9.36. The maximum absolute atomic E-state index is 2.58. The second-order valence-electron chi connectivity index (χ2n) is 14.5. The molecule has 9 aromatic rings. The van der Waals surface area contributed by atoms with Gasteiger partial charge in [-0.1, -0.05) is 97.1 Å². The fourth-order valence-electron chi connectivity index (χ4n) is 10.2. The third kappa shape index (κ3) is 3.18. The van der Waals surface area contributed by atoms with Gasteiger partial charge in [-0.2, -0.15) is 0 Å². The number of aromatic nitrogens is 2. The van der Waals surface area contributed by atoms with Crippen molar-refractivity contribution < 1.29 is 0 Å². The van der Waals surface area contributed by atoms with E-state index in [2.05, 4.69) is 189 Å². The van der Waals surface area contributed by atoms with Crippen molar-refractivity contribution in [3.05, 3.63) is 170 Å². The second-order valence-corrected chi connectivity index (χ2v) is 14.5. The lowest BCUT2D eigenvalue weighted by Gasteiger charge is -2.46. The third-order valence-corrected chi connectivity index (χ3v) is 12.1. The first kappa shape index (κ1) is 27.1. The largest absolute Gasteiger partial charge is 0.382 e. The molecule has 238 valence electrons. The Balaban J connectivity index is 1.23. The first-order chi connectivity index (χ1) is 25.8. The minimum Gasteiger partial charge on any atom is -0.382 e. The first-order valence-corrected chi connectivity index (χ1v) is 18.2. The highest BCUT2D eigenvalue weighted by Gasteiger charge is 2.49. The van der Waals surface area contributed by atoms with Gasteiger partial charge in [0.15, 0.2) is 0 Å². The van der Waals surface area contributed by atoms with Crippen LogP contribution < -0.4 is 31.7 Å². The standard InChI is InChI=1S/C46H28B2N4/c1-3-13-31(14-4-1)51-37-21-9-17-33-35-19-7-11-29-25-27-49(45(29)35)47(41(33)37)43-39(51)23-24-40-44(43)48-42-34(36-20-8-12-30-26-28-50(48)46(30)36)18-10-22-38(42)52(40)32-15-5-2-6-16-32/h1-28H. The smallest absolute Gasteiger partial charge is 0.332 e. The normalized spacial score (nSPS) is 14.0. The van der Waals surface area contributed by atoms with E-state index in [1.54, 1.807) is 0 Å². The Morgan fingerprint density at radius 2 is 0.712 bits per heavy atom. The Kier molecular flexibility index (Phi) is 4.99. The summed E-state index contributed by atoms with van der Waals surface area (Å²) >= 11 is 0. The molecule has 0 saturated carbocycles. The number of benzene rings is 7. The van der Waals surface area contributed by atoms with Crippen molar-refractivity contribution in [1.82, 2.24) is 8.96 Å². The lowest BCUT2D eigenvalue weighted by molar-refractivity contribution is 1.21. The number of anilines is 6. The average molecular weight is 658 g/mol. The summed E-state index contributed by atoms with van der Waals surface area (Å²) in [4.78, 5) is 5.05. The van der Waals surface area contributed by atoms with E-state index in [1.807, 2.05) is 0 Å². The van der Waals surface area contributed by atoms with Gasteiger partial charge in [-0.15, -0.1) is 0 Å². The number of nitrogens with zero attached hydrogens (tertiary/aromatic N) is 4. The van der Waals surface area contributed by atoms with Gasteiger partial charge in [0.05, 0.1) is 0 Å². The summed E-state index contributed by atoms with van der Waals surface area (Å²) in [5.41, 5.74) is 20.6. The van der Waals surface area contributed by atoms with Crippen LogP contribution in [0, 0.1) is 0 Å². The van der Waals surface area contributed by atoms with Crippen LogP contribution in [0.3, 0.4) is 0 Å². The molecule has 0 bridgehead atoms. The first-order valence-electron chi connectivity index (χ1n) is 18.2. The van der Waals surface area contributed by atoms with E-state index in [-0.39, 0.29) is 13.7 Å². The van der Waals surface area contributed by atoms with Crippen molar-refractivity contribution in [2.24, 2.45) is 0 Å². The Bertz CT molecular complexity index is 2790. The molecule has 6 heteroatoms. The van der Waals surface area contributed by atoms with Gasteiger partial charge in [0.2, 0.25) is 0 Å². The summed E-state index contributed by atoms with van der Waals surface area (Å²) in [6, 6.07) is 58.7. The SMILES string of the molecule is c1ccc(N2c3cccc4c3B(c3c2ccc2c3B3c5c(cccc5N2c2ccccc2)-c2cccc5ccn3c25)n2ccc3cccc-4c32)cc1. The summed E-state index contributed by atoms with van der Waals surface area (Å²) in [5.74, 6) is 0. The molecule has 13 rings (SSSR count). The Morgan fingerprint density at radius 1 is 0.308 bits per heavy atom. The molecule has 0 amide bonds. The molecule has 0 unspecified atom stereocenters. The van der Waals surface area contributed by atoms with E-state index < -0.39 is 0 Å². The molecule has 4 aliphatic rings. The van der Waals surface area contributed by atoms with Gasteiger partial charge in [0, 0.05) is 56.3 Å². The number of hydrogen-bond acceptors (Lipinski definition) is 2. The molecule has 52 heavy (non-hydrogen) atoms. The van der Waals surface area contributed by atoms with E-state index in [0.717, 1.165) is 0 Å². The van der Waals surface area contributed by atoms with Gasteiger partial charge in [0.25, 0.3) is 0 Å². The number of fused-ring (bicyclic) bond motifs is 9. The Hall–Kier alpha value is -6.65. The predicted molar refractivity (Wildman–Crippen MR) is 219 cm³/mol. The van der Waals surface area contributed by atoms with E-state index in [0.29, 0.717) is 0 Å². The highest BCUT2D eigenvalue weighted by molar-refractivity contribution is 6.99. The van der Waals surface area contributed by atoms with Crippen molar-refractivity contribution in [3.63, 3.8) is 0 Å². The predicted octanol–water partition coefficient (Wildman–Crippen LogP) is 8.43. The van der Waals surface area contributed by atoms with Crippen LogP contribution in [0.5, 0.6) is 0 Å². The molecule has 0 fully saturated rings. The van der Waals surface area contributed by atoms with Crippen LogP contribution in [0.1, 0.15) is 0 Å². The lowest BCUT2D eigenvalue weighted by Crippen LogP contribution is -2.68. The number of rotatable bonds is 2. The summed E-state index contributed by atoms with van der Waals surface area (Å²) in [7, 11) is 0. The number of hydrogen-bond donors (Lipinski definition) is 0. The monoisotopic (exact) mass is 658 g/mol. The third-order valence-electron chi connectivity index (χ3n) is 12.1. The molecular weight excluding hydrogens is 630 g/mol. The quantitative estimate of drug-likeness (QED) is 0.174.